The second-order valence-corrected chi connectivity index (χ2v) is 11.3. The van der Waals surface area contributed by atoms with E-state index in [-0.39, 0.29) is 30.3 Å². The summed E-state index contributed by atoms with van der Waals surface area (Å²) in [5.41, 5.74) is 3.07. The Morgan fingerprint density at radius 2 is 1.70 bits per heavy atom. The number of rotatable bonds is 4. The van der Waals surface area contributed by atoms with Gasteiger partial charge in [0.2, 0.25) is 17.7 Å². The SMILES string of the molecule is CC(O)[C@H]1C(=O)N[C@H](Cc2ccccc2)C(=O)NCCc2cccc3c2OC(CC3)CN[C@@H](C2CC2)C(=O)N1C. The standard InChI is InChI=1S/C31H40N4O5/c1-19(36)27-30(38)34-25(17-20-7-4-3-5-8-20)29(37)32-16-15-23-10-6-9-22-13-14-24(40-28(22)23)18-33-26(21-11-12-21)31(39)35(27)2/h3-10,19,21,24-27,33,36H,11-18H2,1-2H3,(H,32,37)(H,34,38)/t19?,24?,25-,26+,27+/m1/s1. The van der Waals surface area contributed by atoms with E-state index in [9.17, 15) is 19.5 Å². The molecule has 4 N–H and O–H groups in total. The molecule has 5 atom stereocenters. The number of fused-ring (bicyclic) bond motifs is 1. The fourth-order valence-electron chi connectivity index (χ4n) is 5.85. The number of hydrogen-bond donors (Lipinski definition) is 4. The highest BCUT2D eigenvalue weighted by molar-refractivity contribution is 5.93. The predicted octanol–water partition coefficient (Wildman–Crippen LogP) is 1.36. The summed E-state index contributed by atoms with van der Waals surface area (Å²) in [5.74, 6) is -0.0729. The van der Waals surface area contributed by atoms with Crippen molar-refractivity contribution in [3.63, 3.8) is 0 Å². The first-order valence-corrected chi connectivity index (χ1v) is 14.4. The second kappa shape index (κ2) is 12.4. The molecule has 1 saturated carbocycles. The normalized spacial score (nSPS) is 27.2. The third-order valence-corrected chi connectivity index (χ3v) is 8.22. The number of nitrogens with zero attached hydrogens (tertiary/aromatic N) is 1. The van der Waals surface area contributed by atoms with Crippen LogP contribution in [0.5, 0.6) is 5.75 Å². The van der Waals surface area contributed by atoms with Gasteiger partial charge < -0.3 is 30.7 Å². The van der Waals surface area contributed by atoms with Crippen LogP contribution in [-0.4, -0.2) is 78.2 Å². The lowest BCUT2D eigenvalue weighted by Crippen LogP contribution is -2.60. The maximum atomic E-state index is 13.7. The van der Waals surface area contributed by atoms with Gasteiger partial charge in [0.15, 0.2) is 0 Å². The zero-order valence-electron chi connectivity index (χ0n) is 23.3. The number of amides is 3. The first-order valence-electron chi connectivity index (χ1n) is 14.4. The highest BCUT2D eigenvalue weighted by atomic mass is 16.5. The van der Waals surface area contributed by atoms with Crippen LogP contribution in [0.4, 0.5) is 0 Å². The van der Waals surface area contributed by atoms with E-state index in [0.29, 0.717) is 19.5 Å². The van der Waals surface area contributed by atoms with E-state index in [2.05, 4.69) is 22.0 Å². The summed E-state index contributed by atoms with van der Waals surface area (Å²) in [4.78, 5) is 42.1. The van der Waals surface area contributed by atoms with Crippen LogP contribution in [0.15, 0.2) is 48.5 Å². The molecule has 5 rings (SSSR count). The highest BCUT2D eigenvalue weighted by Gasteiger charge is 2.42. The Labute approximate surface area is 235 Å². The molecule has 3 aliphatic rings. The number of carbonyl (C=O) groups excluding carboxylic acids is 3. The molecule has 0 spiro atoms. The van der Waals surface area contributed by atoms with Gasteiger partial charge in [-0.25, -0.2) is 0 Å². The Bertz CT molecular complexity index is 1220. The maximum Gasteiger partial charge on any atom is 0.246 e. The van der Waals surface area contributed by atoms with Crippen LogP contribution in [0.2, 0.25) is 0 Å². The quantitative estimate of drug-likeness (QED) is 0.458. The molecule has 9 heteroatoms. The minimum Gasteiger partial charge on any atom is -0.489 e. The van der Waals surface area contributed by atoms with Gasteiger partial charge in [-0.1, -0.05) is 48.5 Å². The van der Waals surface area contributed by atoms with Crippen molar-refractivity contribution in [2.75, 3.05) is 20.1 Å². The van der Waals surface area contributed by atoms with Gasteiger partial charge in [0.1, 0.15) is 23.9 Å². The van der Waals surface area contributed by atoms with E-state index >= 15 is 0 Å². The summed E-state index contributed by atoms with van der Waals surface area (Å²) in [6.07, 6.45) is 3.22. The van der Waals surface area contributed by atoms with Crippen molar-refractivity contribution in [2.24, 2.45) is 5.92 Å². The Hall–Kier alpha value is -3.43. The van der Waals surface area contributed by atoms with Gasteiger partial charge in [-0.15, -0.1) is 0 Å². The molecule has 2 bridgehead atoms. The third-order valence-electron chi connectivity index (χ3n) is 8.22. The van der Waals surface area contributed by atoms with Crippen molar-refractivity contribution in [3.05, 3.63) is 65.2 Å². The highest BCUT2D eigenvalue weighted by Crippen LogP contribution is 2.35. The average molecular weight is 549 g/mol. The minimum atomic E-state index is -1.14. The number of nitrogens with one attached hydrogen (secondary N) is 3. The van der Waals surface area contributed by atoms with Gasteiger partial charge in [0.25, 0.3) is 0 Å². The van der Waals surface area contributed by atoms with Crippen molar-refractivity contribution in [1.82, 2.24) is 20.9 Å². The molecule has 2 heterocycles. The summed E-state index contributed by atoms with van der Waals surface area (Å²) >= 11 is 0. The Morgan fingerprint density at radius 3 is 2.40 bits per heavy atom. The summed E-state index contributed by atoms with van der Waals surface area (Å²) in [7, 11) is 1.55. The molecule has 214 valence electrons. The van der Waals surface area contributed by atoms with Gasteiger partial charge in [-0.2, -0.15) is 0 Å². The molecule has 1 fully saturated rings. The zero-order chi connectivity index (χ0) is 28.2. The molecule has 9 nitrogen and oxygen atoms in total. The number of benzene rings is 2. The number of hydrogen-bond acceptors (Lipinski definition) is 6. The van der Waals surface area contributed by atoms with Crippen LogP contribution in [0, 0.1) is 5.92 Å². The van der Waals surface area contributed by atoms with Gasteiger partial charge in [-0.05, 0) is 61.6 Å². The molecule has 2 aliphatic heterocycles. The van der Waals surface area contributed by atoms with Crippen LogP contribution >= 0.6 is 0 Å². The number of likely N-dealkylation sites (N-methyl/N-ethyl adjacent to an activating group) is 1. The smallest absolute Gasteiger partial charge is 0.246 e. The van der Waals surface area contributed by atoms with Crippen LogP contribution in [0.1, 0.15) is 42.9 Å². The van der Waals surface area contributed by atoms with Gasteiger partial charge in [-0.3, -0.25) is 14.4 Å². The third kappa shape index (κ3) is 6.47. The van der Waals surface area contributed by atoms with Crippen molar-refractivity contribution in [1.29, 1.82) is 0 Å². The van der Waals surface area contributed by atoms with Gasteiger partial charge in [0.05, 0.1) is 12.1 Å². The number of aliphatic hydroxyl groups is 1. The number of carbonyl (C=O) groups is 3. The Kier molecular flexibility index (Phi) is 8.71. The van der Waals surface area contributed by atoms with Crippen LogP contribution in [0.25, 0.3) is 0 Å². The van der Waals surface area contributed by atoms with E-state index in [1.165, 1.54) is 11.8 Å². The zero-order valence-corrected chi connectivity index (χ0v) is 23.3. The van der Waals surface area contributed by atoms with E-state index in [4.69, 9.17) is 4.74 Å². The molecule has 2 aromatic rings. The van der Waals surface area contributed by atoms with Crippen LogP contribution < -0.4 is 20.7 Å². The number of ether oxygens (including phenoxy) is 1. The molecular formula is C31H40N4O5. The molecule has 2 aromatic carbocycles. The van der Waals surface area contributed by atoms with Gasteiger partial charge in [0, 0.05) is 26.6 Å². The predicted molar refractivity (Wildman–Crippen MR) is 151 cm³/mol. The Balaban J connectivity index is 1.45. The van der Waals surface area contributed by atoms with Gasteiger partial charge >= 0.3 is 0 Å². The number of aliphatic hydroxyl groups excluding tert-OH is 1. The second-order valence-electron chi connectivity index (χ2n) is 11.3. The summed E-state index contributed by atoms with van der Waals surface area (Å²) in [6.45, 7) is 2.38. The van der Waals surface area contributed by atoms with E-state index < -0.39 is 30.1 Å². The summed E-state index contributed by atoms with van der Waals surface area (Å²) in [6, 6.07) is 13.1. The van der Waals surface area contributed by atoms with Crippen LogP contribution in [0.3, 0.4) is 0 Å². The van der Waals surface area contributed by atoms with E-state index in [1.807, 2.05) is 42.5 Å². The summed E-state index contributed by atoms with van der Waals surface area (Å²) in [5, 5.41) is 19.9. The maximum absolute atomic E-state index is 13.7. The van der Waals surface area contributed by atoms with Crippen molar-refractivity contribution < 1.29 is 24.2 Å². The molecule has 0 radical (unpaired) electrons. The molecule has 40 heavy (non-hydrogen) atoms. The molecule has 1 aliphatic carbocycles. The molecule has 0 aromatic heterocycles. The fourth-order valence-corrected chi connectivity index (χ4v) is 5.85. The number of aryl methyl sites for hydroxylation is 1. The molecular weight excluding hydrogens is 508 g/mol. The monoisotopic (exact) mass is 548 g/mol. The average Bonchev–Trinajstić information content (AvgIpc) is 3.78. The largest absolute Gasteiger partial charge is 0.489 e. The number of para-hydroxylation sites is 1. The van der Waals surface area contributed by atoms with Crippen molar-refractivity contribution in [3.8, 4) is 5.75 Å². The summed E-state index contributed by atoms with van der Waals surface area (Å²) < 4.78 is 6.45. The lowest BCUT2D eigenvalue weighted by atomic mass is 9.97. The lowest BCUT2D eigenvalue weighted by Gasteiger charge is -2.34. The lowest BCUT2D eigenvalue weighted by molar-refractivity contribution is -0.145. The molecule has 0 saturated heterocycles. The van der Waals surface area contributed by atoms with Crippen molar-refractivity contribution >= 4 is 17.7 Å². The minimum absolute atomic E-state index is 0.0932. The molecule has 3 amide bonds. The van der Waals surface area contributed by atoms with Crippen molar-refractivity contribution in [2.45, 2.75) is 75.8 Å². The topological polar surface area (TPSA) is 120 Å². The molecule has 2 unspecified atom stereocenters. The first kappa shape index (κ1) is 28.1. The Morgan fingerprint density at radius 1 is 0.975 bits per heavy atom. The van der Waals surface area contributed by atoms with Crippen LogP contribution in [-0.2, 0) is 33.6 Å². The van der Waals surface area contributed by atoms with E-state index in [0.717, 1.165) is 48.1 Å². The fraction of sp³-hybridized carbons (Fsp3) is 0.516. The van der Waals surface area contributed by atoms with E-state index in [1.54, 1.807) is 7.05 Å². The first-order chi connectivity index (χ1) is 19.3.